The summed E-state index contributed by atoms with van der Waals surface area (Å²) in [7, 11) is -4.46. The van der Waals surface area contributed by atoms with Crippen LogP contribution in [0.5, 0.6) is 0 Å². The van der Waals surface area contributed by atoms with Crippen molar-refractivity contribution in [3.63, 3.8) is 0 Å². The molecular weight excluding hydrogens is 349 g/mol. The SMILES string of the molecule is O=C(ONS(=O)(=O)c1ccc2[nH]c3ccccc3c2c1)C(F)(F)F. The normalized spacial score (nSPS) is 12.6. The summed E-state index contributed by atoms with van der Waals surface area (Å²) >= 11 is 0. The maximum absolute atomic E-state index is 12.1. The van der Waals surface area contributed by atoms with Crippen LogP contribution >= 0.6 is 0 Å². The van der Waals surface area contributed by atoms with Crippen molar-refractivity contribution in [3.05, 3.63) is 42.5 Å². The highest BCUT2D eigenvalue weighted by Crippen LogP contribution is 2.27. The summed E-state index contributed by atoms with van der Waals surface area (Å²) in [4.78, 5) is 18.1. The van der Waals surface area contributed by atoms with Crippen molar-refractivity contribution in [2.24, 2.45) is 0 Å². The van der Waals surface area contributed by atoms with E-state index >= 15 is 0 Å². The third kappa shape index (κ3) is 2.93. The van der Waals surface area contributed by atoms with Gasteiger partial charge in [-0.15, -0.1) is 0 Å². The number of fused-ring (bicyclic) bond motifs is 3. The van der Waals surface area contributed by atoms with Gasteiger partial charge in [-0.05, 0) is 29.2 Å². The first kappa shape index (κ1) is 16.3. The molecule has 126 valence electrons. The molecule has 0 radical (unpaired) electrons. The molecule has 0 saturated carbocycles. The van der Waals surface area contributed by atoms with Gasteiger partial charge in [-0.25, -0.2) is 13.2 Å². The molecule has 1 heterocycles. The van der Waals surface area contributed by atoms with Crippen LogP contribution in [-0.2, 0) is 19.7 Å². The van der Waals surface area contributed by atoms with Crippen LogP contribution in [0.25, 0.3) is 21.8 Å². The first-order valence-electron chi connectivity index (χ1n) is 6.49. The Balaban J connectivity index is 1.96. The van der Waals surface area contributed by atoms with Crippen LogP contribution in [0.1, 0.15) is 0 Å². The highest BCUT2D eigenvalue weighted by atomic mass is 32.2. The van der Waals surface area contributed by atoms with Crippen molar-refractivity contribution in [1.82, 2.24) is 9.87 Å². The van der Waals surface area contributed by atoms with E-state index in [4.69, 9.17) is 0 Å². The van der Waals surface area contributed by atoms with Crippen LogP contribution < -0.4 is 4.89 Å². The fraction of sp³-hybridized carbons (Fsp3) is 0.0714. The highest BCUT2D eigenvalue weighted by molar-refractivity contribution is 7.89. The number of aromatic amines is 1. The molecule has 0 aliphatic rings. The van der Waals surface area contributed by atoms with E-state index in [9.17, 15) is 26.4 Å². The number of carbonyl (C=O) groups excluding carboxylic acids is 1. The number of hydrogen-bond donors (Lipinski definition) is 2. The molecule has 1 aromatic heterocycles. The van der Waals surface area contributed by atoms with Gasteiger partial charge in [-0.1, -0.05) is 18.2 Å². The van der Waals surface area contributed by atoms with Crippen molar-refractivity contribution >= 4 is 37.8 Å². The zero-order valence-electron chi connectivity index (χ0n) is 11.7. The zero-order chi connectivity index (χ0) is 17.5. The van der Waals surface area contributed by atoms with E-state index in [1.165, 1.54) is 23.1 Å². The molecule has 2 aromatic carbocycles. The number of para-hydroxylation sites is 1. The number of rotatable bonds is 3. The third-order valence-electron chi connectivity index (χ3n) is 3.26. The average Bonchev–Trinajstić information content (AvgIpc) is 2.89. The van der Waals surface area contributed by atoms with E-state index in [0.29, 0.717) is 10.9 Å². The molecule has 10 heteroatoms. The Hall–Kier alpha value is -2.59. The van der Waals surface area contributed by atoms with Gasteiger partial charge in [0.05, 0.1) is 4.90 Å². The third-order valence-corrected chi connectivity index (χ3v) is 4.44. The van der Waals surface area contributed by atoms with E-state index in [1.807, 2.05) is 0 Å². The molecular formula is C14H9F3N2O4S. The standard InChI is InChI=1S/C14H9F3N2O4S/c15-14(16,17)13(20)23-19-24(21,22)8-5-6-12-10(7-8)9-3-1-2-4-11(9)18-12/h1-7,18-19H. The Bertz CT molecular complexity index is 1040. The van der Waals surface area contributed by atoms with Gasteiger partial charge < -0.3 is 9.82 Å². The van der Waals surface area contributed by atoms with Crippen molar-refractivity contribution < 1.29 is 31.2 Å². The van der Waals surface area contributed by atoms with E-state index in [0.717, 1.165) is 10.9 Å². The first-order valence-corrected chi connectivity index (χ1v) is 7.97. The Kier molecular flexibility index (Phi) is 3.73. The number of carbonyl (C=O) groups is 1. The van der Waals surface area contributed by atoms with E-state index in [-0.39, 0.29) is 4.90 Å². The Morgan fingerprint density at radius 3 is 2.42 bits per heavy atom. The van der Waals surface area contributed by atoms with Crippen molar-refractivity contribution in [1.29, 1.82) is 0 Å². The lowest BCUT2D eigenvalue weighted by molar-refractivity contribution is -0.203. The zero-order valence-corrected chi connectivity index (χ0v) is 12.5. The van der Waals surface area contributed by atoms with Crippen LogP contribution in [0.15, 0.2) is 47.4 Å². The summed E-state index contributed by atoms with van der Waals surface area (Å²) in [5.74, 6) is -2.65. The van der Waals surface area contributed by atoms with Crippen LogP contribution in [0, 0.1) is 0 Å². The van der Waals surface area contributed by atoms with Crippen LogP contribution in [-0.4, -0.2) is 25.5 Å². The van der Waals surface area contributed by atoms with E-state index in [2.05, 4.69) is 9.82 Å². The smallest absolute Gasteiger partial charge is 0.355 e. The van der Waals surface area contributed by atoms with Gasteiger partial charge >= 0.3 is 12.1 Å². The summed E-state index contributed by atoms with van der Waals surface area (Å²) in [6.07, 6.45) is -5.30. The van der Waals surface area contributed by atoms with Gasteiger partial charge in [0.25, 0.3) is 10.0 Å². The average molecular weight is 358 g/mol. The van der Waals surface area contributed by atoms with Gasteiger partial charge in [-0.3, -0.25) is 0 Å². The Morgan fingerprint density at radius 1 is 1.04 bits per heavy atom. The second-order valence-corrected chi connectivity index (χ2v) is 6.50. The van der Waals surface area contributed by atoms with Gasteiger partial charge in [-0.2, -0.15) is 13.2 Å². The monoisotopic (exact) mass is 358 g/mol. The fourth-order valence-corrected chi connectivity index (χ4v) is 2.99. The largest absolute Gasteiger partial charge is 0.492 e. The molecule has 0 fully saturated rings. The minimum Gasteiger partial charge on any atom is -0.355 e. The molecule has 0 amide bonds. The maximum atomic E-state index is 12.1. The lowest BCUT2D eigenvalue weighted by Gasteiger charge is -2.08. The summed E-state index contributed by atoms with van der Waals surface area (Å²) in [5, 5.41) is 1.31. The molecule has 6 nitrogen and oxygen atoms in total. The lowest BCUT2D eigenvalue weighted by Crippen LogP contribution is -2.34. The number of sulfonamides is 1. The van der Waals surface area contributed by atoms with Gasteiger partial charge in [0.1, 0.15) is 0 Å². The quantitative estimate of drug-likeness (QED) is 0.705. The molecule has 0 bridgehead atoms. The van der Waals surface area contributed by atoms with Crippen LogP contribution in [0.2, 0.25) is 0 Å². The number of halogens is 3. The van der Waals surface area contributed by atoms with E-state index in [1.54, 1.807) is 24.3 Å². The molecule has 0 atom stereocenters. The molecule has 0 aliphatic heterocycles. The predicted octanol–water partition coefficient (Wildman–Crippen LogP) is 2.62. The summed E-state index contributed by atoms with van der Waals surface area (Å²) in [6, 6.07) is 11.1. The maximum Gasteiger partial charge on any atom is 0.492 e. The molecule has 3 aromatic rings. The lowest BCUT2D eigenvalue weighted by atomic mass is 10.1. The first-order chi connectivity index (χ1) is 11.2. The van der Waals surface area contributed by atoms with E-state index < -0.39 is 22.2 Å². The van der Waals surface area contributed by atoms with Gasteiger partial charge in [0.2, 0.25) is 0 Å². The Labute approximate surface area is 133 Å². The number of H-pyrrole nitrogens is 1. The van der Waals surface area contributed by atoms with Crippen LogP contribution in [0.3, 0.4) is 0 Å². The van der Waals surface area contributed by atoms with Crippen LogP contribution in [0.4, 0.5) is 13.2 Å². The van der Waals surface area contributed by atoms with Gasteiger partial charge in [0, 0.05) is 21.8 Å². The predicted molar refractivity (Wildman–Crippen MR) is 78.3 cm³/mol. The minimum atomic E-state index is -5.30. The summed E-state index contributed by atoms with van der Waals surface area (Å²) in [5.41, 5.74) is 1.43. The summed E-state index contributed by atoms with van der Waals surface area (Å²) < 4.78 is 60.2. The number of aromatic nitrogens is 1. The number of alkyl halides is 3. The fourth-order valence-electron chi connectivity index (χ4n) is 2.19. The van der Waals surface area contributed by atoms with Gasteiger partial charge in [0.15, 0.2) is 0 Å². The number of hydrogen-bond acceptors (Lipinski definition) is 4. The topological polar surface area (TPSA) is 88.3 Å². The Morgan fingerprint density at radius 2 is 1.71 bits per heavy atom. The second kappa shape index (κ2) is 5.49. The van der Waals surface area contributed by atoms with Crippen molar-refractivity contribution in [3.8, 4) is 0 Å². The van der Waals surface area contributed by atoms with Crippen molar-refractivity contribution in [2.75, 3.05) is 0 Å². The highest BCUT2D eigenvalue weighted by Gasteiger charge is 2.42. The van der Waals surface area contributed by atoms with Crippen molar-refractivity contribution in [2.45, 2.75) is 11.1 Å². The summed E-state index contributed by atoms with van der Waals surface area (Å²) in [6.45, 7) is 0. The second-order valence-electron chi connectivity index (χ2n) is 4.85. The molecule has 0 spiro atoms. The minimum absolute atomic E-state index is 0.338. The molecule has 3 rings (SSSR count). The number of nitrogens with one attached hydrogen (secondary N) is 2. The number of benzene rings is 2. The molecule has 0 aliphatic carbocycles. The molecule has 2 N–H and O–H groups in total. The molecule has 24 heavy (non-hydrogen) atoms. The molecule has 0 saturated heterocycles. The molecule has 0 unspecified atom stereocenters.